The van der Waals surface area contributed by atoms with Crippen LogP contribution in [-0.4, -0.2) is 120 Å². The molecule has 21 nitrogen and oxygen atoms in total. The van der Waals surface area contributed by atoms with Crippen LogP contribution in [0.3, 0.4) is 0 Å². The lowest BCUT2D eigenvalue weighted by Crippen LogP contribution is -2.41. The maximum absolute atomic E-state index is 16.4. The smallest absolute Gasteiger partial charge is 0.410 e. The lowest BCUT2D eigenvalue weighted by Gasteiger charge is -2.27. The second kappa shape index (κ2) is 22.5. The molecule has 0 radical (unpaired) electrons. The van der Waals surface area contributed by atoms with Crippen LogP contribution in [0.5, 0.6) is 17.2 Å². The van der Waals surface area contributed by atoms with Gasteiger partial charge in [-0.3, -0.25) is 0 Å². The van der Waals surface area contributed by atoms with Gasteiger partial charge < -0.3 is 38.9 Å². The first-order valence-electron chi connectivity index (χ1n) is 24.8. The summed E-state index contributed by atoms with van der Waals surface area (Å²) in [7, 11) is -5.26. The normalized spacial score (nSPS) is 14.6. The topological polar surface area (TPSA) is 251 Å². The minimum absolute atomic E-state index is 0.0474. The van der Waals surface area contributed by atoms with Gasteiger partial charge in [-0.05, 0) is 131 Å². The summed E-state index contributed by atoms with van der Waals surface area (Å²) >= 11 is 0. The van der Waals surface area contributed by atoms with Crippen molar-refractivity contribution in [1.29, 1.82) is 0 Å². The lowest BCUT2D eigenvalue weighted by atomic mass is 9.98. The lowest BCUT2D eigenvalue weighted by molar-refractivity contribution is 0.0291. The summed E-state index contributed by atoms with van der Waals surface area (Å²) in [6, 6.07) is 27.3. The maximum atomic E-state index is 16.4. The number of methoxy groups -OCH3 is 3. The molecule has 2 aromatic heterocycles. The fourth-order valence-electron chi connectivity index (χ4n) is 8.66. The number of carbonyl (C=O) groups excluding carboxylic acids is 2. The Morgan fingerprint density at radius 3 is 1.88 bits per heavy atom. The molecular weight excluding hydrogens is 1030 g/mol. The molecule has 23 heteroatoms. The number of fused-ring (bicyclic) bond motifs is 1. The van der Waals surface area contributed by atoms with Crippen LogP contribution in [-0.2, 0) is 49.2 Å². The van der Waals surface area contributed by atoms with Crippen LogP contribution in [0.2, 0.25) is 0 Å². The number of sulfonamides is 2. The number of aromatic nitrogens is 6. The SMILES string of the molecule is COc1ccc(CN(Cc2ccc(OC)cc2)S(=O)(=O)c2c(S(=O)(=O)N[C@@H]3CCN(C(=O)OC(C)(C)C)C3)ccc(-c3cccc4[nH]c([C@@H](C)NC(=O)OC(C)(C)C)nc34)c2-c2nnn(Cc3ccc(OC)cc3)n2)cc1. The van der Waals surface area contributed by atoms with Crippen LogP contribution in [0.1, 0.15) is 83.4 Å². The molecule has 1 saturated heterocycles. The number of amides is 2. The summed E-state index contributed by atoms with van der Waals surface area (Å²) in [5.41, 5.74) is 1.53. The summed E-state index contributed by atoms with van der Waals surface area (Å²) in [6.45, 7) is 11.9. The number of ether oxygens (including phenoxy) is 5. The van der Waals surface area contributed by atoms with E-state index >= 15 is 16.8 Å². The van der Waals surface area contributed by atoms with Crippen molar-refractivity contribution >= 4 is 43.3 Å². The number of alkyl carbamates (subject to hydrolysis) is 1. The zero-order valence-corrected chi connectivity index (χ0v) is 46.3. The van der Waals surface area contributed by atoms with Gasteiger partial charge in [0.1, 0.15) is 44.1 Å². The van der Waals surface area contributed by atoms with Crippen LogP contribution >= 0.6 is 0 Å². The van der Waals surface area contributed by atoms with Crippen molar-refractivity contribution in [1.82, 2.24) is 49.4 Å². The van der Waals surface area contributed by atoms with E-state index in [0.717, 1.165) is 5.56 Å². The Morgan fingerprint density at radius 2 is 1.32 bits per heavy atom. The van der Waals surface area contributed by atoms with E-state index in [-0.39, 0.29) is 56.1 Å². The Labute approximate surface area is 448 Å². The number of likely N-dealkylation sites (tertiary alicyclic amines) is 1. The van der Waals surface area contributed by atoms with Gasteiger partial charge in [-0.15, -0.1) is 10.2 Å². The zero-order chi connectivity index (χ0) is 55.5. The van der Waals surface area contributed by atoms with Gasteiger partial charge in [-0.2, -0.15) is 9.10 Å². The predicted octanol–water partition coefficient (Wildman–Crippen LogP) is 8.22. The monoisotopic (exact) mass is 1090 g/mol. The third-order valence-corrected chi connectivity index (χ3v) is 15.9. The molecule has 408 valence electrons. The summed E-state index contributed by atoms with van der Waals surface area (Å²) in [4.78, 5) is 35.8. The molecule has 1 aliphatic heterocycles. The van der Waals surface area contributed by atoms with Crippen molar-refractivity contribution in [2.75, 3.05) is 34.4 Å². The predicted molar refractivity (Wildman–Crippen MR) is 287 cm³/mol. The van der Waals surface area contributed by atoms with Crippen LogP contribution in [0.25, 0.3) is 33.5 Å². The van der Waals surface area contributed by atoms with Gasteiger partial charge in [0.15, 0.2) is 0 Å². The number of nitrogens with zero attached hydrogens (tertiary/aromatic N) is 7. The van der Waals surface area contributed by atoms with Crippen molar-refractivity contribution in [3.63, 3.8) is 0 Å². The van der Waals surface area contributed by atoms with Crippen molar-refractivity contribution in [3.05, 3.63) is 126 Å². The van der Waals surface area contributed by atoms with Crippen molar-refractivity contribution in [3.8, 4) is 39.8 Å². The number of aromatic amines is 1. The molecule has 3 heterocycles. The largest absolute Gasteiger partial charge is 0.497 e. The Bertz CT molecular complexity index is 3420. The molecule has 7 aromatic rings. The van der Waals surface area contributed by atoms with E-state index in [1.807, 2.05) is 12.1 Å². The van der Waals surface area contributed by atoms with Gasteiger partial charge in [0.05, 0.1) is 50.5 Å². The van der Waals surface area contributed by atoms with Crippen molar-refractivity contribution in [2.45, 2.75) is 108 Å². The van der Waals surface area contributed by atoms with Gasteiger partial charge in [0, 0.05) is 37.8 Å². The number of hydrogen-bond acceptors (Lipinski definition) is 15. The Hall–Kier alpha value is -7.60. The van der Waals surface area contributed by atoms with E-state index in [2.05, 4.69) is 25.3 Å². The highest BCUT2D eigenvalue weighted by Gasteiger charge is 2.40. The number of carbonyl (C=O) groups is 2. The molecule has 77 heavy (non-hydrogen) atoms. The molecule has 5 aromatic carbocycles. The summed E-state index contributed by atoms with van der Waals surface area (Å²) in [6.07, 6.45) is -1.07. The van der Waals surface area contributed by atoms with Gasteiger partial charge in [0.25, 0.3) is 0 Å². The molecule has 1 fully saturated rings. The average molecular weight is 1090 g/mol. The molecule has 0 aliphatic carbocycles. The van der Waals surface area contributed by atoms with E-state index in [0.29, 0.717) is 50.8 Å². The number of nitrogens with one attached hydrogen (secondary N) is 3. The van der Waals surface area contributed by atoms with Gasteiger partial charge in [-0.1, -0.05) is 54.6 Å². The average Bonchev–Trinajstić information content (AvgIpc) is 4.16. The zero-order valence-electron chi connectivity index (χ0n) is 44.7. The minimum atomic E-state index is -5.03. The van der Waals surface area contributed by atoms with Crippen molar-refractivity contribution < 1.29 is 50.1 Å². The minimum Gasteiger partial charge on any atom is -0.497 e. The third kappa shape index (κ3) is 13.3. The summed E-state index contributed by atoms with van der Waals surface area (Å²) in [5, 5.41) is 16.5. The molecule has 2 atom stereocenters. The molecular formula is C54H64N10O11S2. The van der Waals surface area contributed by atoms with E-state index in [4.69, 9.17) is 33.8 Å². The standard InChI is InChI=1S/C54H64N10O11S2/c1-34(55-51(65)74-53(2,3)4)49-56-44-13-11-12-43(47(44)57-49)42-26-27-45(76(67,68)60-38-28-29-62(33-38)52(66)75-54(5,6)7)48(46(42)50-58-61-64(59-50)32-37-18-24-41(73-10)25-19-37)77(69,70)63(30-35-14-20-39(71-8)21-15-35)31-36-16-22-40(72-9)23-17-36/h11-27,34,38,60H,28-33H2,1-10H3,(H,55,65)(H,56,57)/t34-,38-/m1/s1. The number of hydrogen-bond donors (Lipinski definition) is 3. The fraction of sp³-hybridized carbons (Fsp3) is 0.370. The molecule has 0 spiro atoms. The van der Waals surface area contributed by atoms with Crippen LogP contribution < -0.4 is 24.2 Å². The second-order valence-electron chi connectivity index (χ2n) is 20.5. The van der Waals surface area contributed by atoms with Gasteiger partial charge in [0.2, 0.25) is 25.9 Å². The number of rotatable bonds is 18. The summed E-state index contributed by atoms with van der Waals surface area (Å²) in [5.74, 6) is 1.84. The first-order chi connectivity index (χ1) is 36.4. The summed E-state index contributed by atoms with van der Waals surface area (Å²) < 4.78 is 94.7. The van der Waals surface area contributed by atoms with E-state index in [1.165, 1.54) is 40.4 Å². The third-order valence-electron chi connectivity index (χ3n) is 12.3. The van der Waals surface area contributed by atoms with Crippen LogP contribution in [0.15, 0.2) is 113 Å². The number of benzene rings is 5. The number of tetrazole rings is 1. The van der Waals surface area contributed by atoms with E-state index in [1.54, 1.807) is 134 Å². The molecule has 2 amide bonds. The second-order valence-corrected chi connectivity index (χ2v) is 24.1. The first kappa shape index (κ1) is 55.6. The molecule has 1 aliphatic rings. The Balaban J connectivity index is 1.36. The van der Waals surface area contributed by atoms with E-state index in [9.17, 15) is 9.59 Å². The quantitative estimate of drug-likeness (QED) is 0.0732. The van der Waals surface area contributed by atoms with Crippen molar-refractivity contribution in [2.24, 2.45) is 0 Å². The molecule has 8 rings (SSSR count). The Kier molecular flexibility index (Phi) is 16.3. The first-order valence-corrected chi connectivity index (χ1v) is 27.7. The highest BCUT2D eigenvalue weighted by atomic mass is 32.2. The highest BCUT2D eigenvalue weighted by molar-refractivity contribution is 7.92. The fourth-order valence-corrected chi connectivity index (χ4v) is 12.3. The number of para-hydroxylation sites is 1. The molecule has 3 N–H and O–H groups in total. The number of H-pyrrole nitrogens is 1. The van der Waals surface area contributed by atoms with Gasteiger partial charge in [-0.25, -0.2) is 36.1 Å². The molecule has 0 bridgehead atoms. The number of imidazole rings is 1. The van der Waals surface area contributed by atoms with Gasteiger partial charge >= 0.3 is 12.2 Å². The van der Waals surface area contributed by atoms with E-state index < -0.39 is 65.3 Å². The molecule has 0 saturated carbocycles. The Morgan fingerprint density at radius 1 is 0.753 bits per heavy atom. The highest BCUT2D eigenvalue weighted by Crippen LogP contribution is 2.43. The maximum Gasteiger partial charge on any atom is 0.410 e. The van der Waals surface area contributed by atoms with Crippen LogP contribution in [0, 0.1) is 0 Å². The molecule has 0 unspecified atom stereocenters. The van der Waals surface area contributed by atoms with Crippen LogP contribution in [0.4, 0.5) is 9.59 Å².